The summed E-state index contributed by atoms with van der Waals surface area (Å²) >= 11 is 2.73. The molecule has 1 atom stereocenters. The minimum absolute atomic E-state index is 0.237. The molecule has 0 amide bonds. The number of aliphatic hydroxyl groups is 1. The molecular formula is C16H24N2OS2. The molecule has 2 rings (SSSR count). The van der Waals surface area contributed by atoms with Crippen LogP contribution in [0.1, 0.15) is 38.7 Å². The van der Waals surface area contributed by atoms with Crippen LogP contribution in [-0.2, 0) is 0 Å². The molecule has 0 aliphatic heterocycles. The SMILES string of the molecule is CC(C)(C)CC(CO)c1ccccc1.NSc1nccs1. The van der Waals surface area contributed by atoms with Crippen LogP contribution >= 0.6 is 23.3 Å². The summed E-state index contributed by atoms with van der Waals surface area (Å²) in [6, 6.07) is 10.2. The second-order valence-corrected chi connectivity index (χ2v) is 7.75. The van der Waals surface area contributed by atoms with Crippen LogP contribution in [0.25, 0.3) is 0 Å². The van der Waals surface area contributed by atoms with Crippen molar-refractivity contribution in [2.24, 2.45) is 10.6 Å². The highest BCUT2D eigenvalue weighted by Crippen LogP contribution is 2.30. The Morgan fingerprint density at radius 2 is 1.95 bits per heavy atom. The molecule has 21 heavy (non-hydrogen) atoms. The molecule has 0 spiro atoms. The quantitative estimate of drug-likeness (QED) is 0.823. The fourth-order valence-corrected chi connectivity index (χ4v) is 2.89. The maximum Gasteiger partial charge on any atom is 0.164 e. The Kier molecular flexibility index (Phi) is 7.96. The van der Waals surface area contributed by atoms with Crippen molar-refractivity contribution in [1.29, 1.82) is 0 Å². The number of rotatable bonds is 4. The van der Waals surface area contributed by atoms with Crippen molar-refractivity contribution in [1.82, 2.24) is 4.98 Å². The fraction of sp³-hybridized carbons (Fsp3) is 0.438. The molecule has 0 aliphatic rings. The summed E-state index contributed by atoms with van der Waals surface area (Å²) in [5.41, 5.74) is 1.51. The van der Waals surface area contributed by atoms with Crippen molar-refractivity contribution >= 4 is 23.3 Å². The molecule has 1 aromatic heterocycles. The third kappa shape index (κ3) is 7.62. The van der Waals surface area contributed by atoms with Gasteiger partial charge in [0, 0.05) is 24.1 Å². The molecular weight excluding hydrogens is 300 g/mol. The third-order valence-corrected chi connectivity index (χ3v) is 4.31. The van der Waals surface area contributed by atoms with E-state index in [1.807, 2.05) is 23.6 Å². The summed E-state index contributed by atoms with van der Waals surface area (Å²) in [6.07, 6.45) is 2.76. The molecule has 0 saturated heterocycles. The predicted molar refractivity (Wildman–Crippen MR) is 92.5 cm³/mol. The van der Waals surface area contributed by atoms with E-state index in [-0.39, 0.29) is 17.9 Å². The fourth-order valence-electron chi connectivity index (χ4n) is 2.02. The molecule has 0 bridgehead atoms. The monoisotopic (exact) mass is 324 g/mol. The second kappa shape index (κ2) is 9.20. The minimum Gasteiger partial charge on any atom is -0.396 e. The molecule has 0 radical (unpaired) electrons. The molecule has 3 N–H and O–H groups in total. The first kappa shape index (κ1) is 18.2. The zero-order valence-electron chi connectivity index (χ0n) is 12.8. The van der Waals surface area contributed by atoms with Gasteiger partial charge in [0.05, 0.1) is 0 Å². The summed E-state index contributed by atoms with van der Waals surface area (Å²) in [5, 5.41) is 16.4. The van der Waals surface area contributed by atoms with Crippen LogP contribution in [0.5, 0.6) is 0 Å². The summed E-state index contributed by atoms with van der Waals surface area (Å²) < 4.78 is 0.917. The number of nitrogens with two attached hydrogens (primary N) is 1. The first-order chi connectivity index (χ1) is 9.96. The number of benzene rings is 1. The molecule has 0 fully saturated rings. The minimum atomic E-state index is 0.237. The molecule has 1 aromatic carbocycles. The van der Waals surface area contributed by atoms with E-state index < -0.39 is 0 Å². The number of hydrogen-bond acceptors (Lipinski definition) is 5. The van der Waals surface area contributed by atoms with Crippen molar-refractivity contribution in [3.63, 3.8) is 0 Å². The maximum atomic E-state index is 9.34. The summed E-state index contributed by atoms with van der Waals surface area (Å²) in [6.45, 7) is 6.86. The molecule has 0 aliphatic carbocycles. The molecule has 1 heterocycles. The summed E-state index contributed by atoms with van der Waals surface area (Å²) in [5.74, 6) is 0.274. The van der Waals surface area contributed by atoms with Gasteiger partial charge in [0.25, 0.3) is 0 Å². The summed E-state index contributed by atoms with van der Waals surface area (Å²) in [4.78, 5) is 3.89. The van der Waals surface area contributed by atoms with Gasteiger partial charge < -0.3 is 5.11 Å². The van der Waals surface area contributed by atoms with E-state index in [1.165, 1.54) is 17.5 Å². The Morgan fingerprint density at radius 3 is 2.33 bits per heavy atom. The normalized spacial score (nSPS) is 12.4. The number of hydrogen-bond donors (Lipinski definition) is 2. The highest BCUT2D eigenvalue weighted by molar-refractivity contribution is 7.98. The van der Waals surface area contributed by atoms with Crippen LogP contribution < -0.4 is 5.14 Å². The van der Waals surface area contributed by atoms with Gasteiger partial charge in [0.2, 0.25) is 0 Å². The first-order valence-corrected chi connectivity index (χ1v) is 8.64. The lowest BCUT2D eigenvalue weighted by molar-refractivity contribution is 0.222. The van der Waals surface area contributed by atoms with Gasteiger partial charge in [0.1, 0.15) is 0 Å². The Balaban J connectivity index is 0.000000262. The van der Waals surface area contributed by atoms with Crippen LogP contribution in [-0.4, -0.2) is 16.7 Å². The zero-order valence-corrected chi connectivity index (χ0v) is 14.5. The van der Waals surface area contributed by atoms with Crippen molar-refractivity contribution in [3.8, 4) is 0 Å². The lowest BCUT2D eigenvalue weighted by atomic mass is 9.82. The molecule has 0 saturated carbocycles. The first-order valence-electron chi connectivity index (χ1n) is 6.88. The number of aliphatic hydroxyl groups excluding tert-OH is 1. The van der Waals surface area contributed by atoms with Crippen molar-refractivity contribution in [3.05, 3.63) is 47.5 Å². The molecule has 2 aromatic rings. The molecule has 116 valence electrons. The number of aromatic nitrogens is 1. The lowest BCUT2D eigenvalue weighted by Crippen LogP contribution is -2.14. The standard InChI is InChI=1S/C13H20O.C3H4N2S2/c1-13(2,3)9-12(10-14)11-7-5-4-6-8-11;4-7-3-5-1-2-6-3/h4-8,12,14H,9-10H2,1-3H3;1-2H,4H2. The Labute approximate surface area is 135 Å². The van der Waals surface area contributed by atoms with Gasteiger partial charge in [-0.3, -0.25) is 5.14 Å². The molecule has 3 nitrogen and oxygen atoms in total. The maximum absolute atomic E-state index is 9.34. The van der Waals surface area contributed by atoms with E-state index in [0.29, 0.717) is 0 Å². The Morgan fingerprint density at radius 1 is 1.29 bits per heavy atom. The van der Waals surface area contributed by atoms with Gasteiger partial charge >= 0.3 is 0 Å². The highest BCUT2D eigenvalue weighted by Gasteiger charge is 2.19. The topological polar surface area (TPSA) is 59.1 Å². The smallest absolute Gasteiger partial charge is 0.164 e. The van der Waals surface area contributed by atoms with Gasteiger partial charge in [-0.15, -0.1) is 11.3 Å². The Bertz CT molecular complexity index is 481. The summed E-state index contributed by atoms with van der Waals surface area (Å²) in [7, 11) is 0. The van der Waals surface area contributed by atoms with Crippen molar-refractivity contribution < 1.29 is 5.11 Å². The van der Waals surface area contributed by atoms with E-state index in [1.54, 1.807) is 17.5 Å². The average Bonchev–Trinajstić information content (AvgIpc) is 2.99. The van der Waals surface area contributed by atoms with Crippen LogP contribution in [0.4, 0.5) is 0 Å². The van der Waals surface area contributed by atoms with E-state index >= 15 is 0 Å². The average molecular weight is 325 g/mol. The van der Waals surface area contributed by atoms with Crippen LogP contribution in [0, 0.1) is 5.41 Å². The molecule has 5 heteroatoms. The third-order valence-electron chi connectivity index (χ3n) is 2.86. The number of nitrogens with zero attached hydrogens (tertiary/aromatic N) is 1. The van der Waals surface area contributed by atoms with E-state index in [0.717, 1.165) is 10.8 Å². The van der Waals surface area contributed by atoms with Crippen LogP contribution in [0.15, 0.2) is 46.2 Å². The lowest BCUT2D eigenvalue weighted by Gasteiger charge is -2.24. The number of thiazole rings is 1. The van der Waals surface area contributed by atoms with E-state index in [2.05, 4.69) is 37.9 Å². The van der Waals surface area contributed by atoms with Crippen molar-refractivity contribution in [2.45, 2.75) is 37.4 Å². The van der Waals surface area contributed by atoms with Gasteiger partial charge in [-0.05, 0) is 29.3 Å². The van der Waals surface area contributed by atoms with Gasteiger partial charge in [-0.2, -0.15) is 0 Å². The Hall–Kier alpha value is -0.880. The second-order valence-electron chi connectivity index (χ2n) is 5.97. The van der Waals surface area contributed by atoms with Gasteiger partial charge in [0.15, 0.2) is 4.34 Å². The predicted octanol–water partition coefficient (Wildman–Crippen LogP) is 4.31. The zero-order chi connectivity index (χ0) is 15.7. The molecule has 1 unspecified atom stereocenters. The van der Waals surface area contributed by atoms with Gasteiger partial charge in [-0.1, -0.05) is 51.1 Å². The van der Waals surface area contributed by atoms with E-state index in [4.69, 9.17) is 5.14 Å². The van der Waals surface area contributed by atoms with Crippen LogP contribution in [0.3, 0.4) is 0 Å². The largest absolute Gasteiger partial charge is 0.396 e. The van der Waals surface area contributed by atoms with Gasteiger partial charge in [-0.25, -0.2) is 4.98 Å². The van der Waals surface area contributed by atoms with Crippen LogP contribution in [0.2, 0.25) is 0 Å². The van der Waals surface area contributed by atoms with Crippen molar-refractivity contribution in [2.75, 3.05) is 6.61 Å². The van der Waals surface area contributed by atoms with E-state index in [9.17, 15) is 5.11 Å². The highest BCUT2D eigenvalue weighted by atomic mass is 32.2.